The van der Waals surface area contributed by atoms with Crippen molar-refractivity contribution in [2.75, 3.05) is 52.9 Å². The summed E-state index contributed by atoms with van der Waals surface area (Å²) in [6.45, 7) is 49.2. The highest BCUT2D eigenvalue weighted by molar-refractivity contribution is 5.35. The lowest BCUT2D eigenvalue weighted by Crippen LogP contribution is -2.15. The molecular formula is C116H188O14. The lowest BCUT2D eigenvalue weighted by molar-refractivity contribution is 0.115. The summed E-state index contributed by atoms with van der Waals surface area (Å²) in [5.74, 6) is 12.2. The number of hydrogen-bond acceptors (Lipinski definition) is 14. The van der Waals surface area contributed by atoms with Gasteiger partial charge in [0.25, 0.3) is 0 Å². The number of aliphatic hydroxyl groups is 6. The minimum absolute atomic E-state index is 0.251. The fourth-order valence-electron chi connectivity index (χ4n) is 15.1. The highest BCUT2D eigenvalue weighted by atomic mass is 16.5. The number of aliphatic hydroxyl groups excluding tert-OH is 6. The molecule has 736 valence electrons. The molecule has 7 aromatic carbocycles. The Kier molecular flexibility index (Phi) is 69.5. The Bertz CT molecular complexity index is 3620. The minimum atomic E-state index is -0.391. The molecular weight excluding hydrogens is 1620 g/mol. The summed E-state index contributed by atoms with van der Waals surface area (Å²) in [4.78, 5) is 0. The van der Waals surface area contributed by atoms with Crippen molar-refractivity contribution in [3.05, 3.63) is 203 Å². The van der Waals surface area contributed by atoms with Crippen molar-refractivity contribution >= 4 is 0 Å². The minimum Gasteiger partial charge on any atom is -0.493 e. The topological polar surface area (TPSA) is 195 Å². The molecule has 130 heavy (non-hydrogen) atoms. The van der Waals surface area contributed by atoms with Crippen molar-refractivity contribution in [1.29, 1.82) is 0 Å². The van der Waals surface area contributed by atoms with Crippen LogP contribution in [0.25, 0.3) is 0 Å². The molecule has 7 aromatic rings. The van der Waals surface area contributed by atoms with Gasteiger partial charge in [0.1, 0.15) is 46.0 Å². The Hall–Kier alpha value is -7.30. The molecule has 14 nitrogen and oxygen atoms in total. The van der Waals surface area contributed by atoms with Crippen LogP contribution in [0.5, 0.6) is 46.0 Å². The zero-order valence-electron chi connectivity index (χ0n) is 85.5. The second-order valence-corrected chi connectivity index (χ2v) is 36.6. The molecule has 0 aromatic heterocycles. The maximum atomic E-state index is 10.3. The van der Waals surface area contributed by atoms with Gasteiger partial charge in [-0.1, -0.05) is 314 Å². The molecule has 1 fully saturated rings. The van der Waals surface area contributed by atoms with Gasteiger partial charge in [0.2, 0.25) is 0 Å². The number of benzene rings is 7. The molecule has 0 radical (unpaired) electrons. The van der Waals surface area contributed by atoms with Crippen LogP contribution in [0.3, 0.4) is 0 Å². The maximum absolute atomic E-state index is 10.3. The van der Waals surface area contributed by atoms with Crippen molar-refractivity contribution < 1.29 is 68.5 Å². The smallest absolute Gasteiger partial charge is 0.122 e. The van der Waals surface area contributed by atoms with Gasteiger partial charge >= 0.3 is 0 Å². The van der Waals surface area contributed by atoms with E-state index in [1.165, 1.54) is 83.5 Å². The fourth-order valence-corrected chi connectivity index (χ4v) is 15.1. The Labute approximate surface area is 793 Å². The highest BCUT2D eigenvalue weighted by Gasteiger charge is 2.20. The molecule has 0 saturated heterocycles. The van der Waals surface area contributed by atoms with Crippen molar-refractivity contribution in [3.63, 3.8) is 0 Å². The van der Waals surface area contributed by atoms with Gasteiger partial charge in [0.15, 0.2) is 0 Å². The molecule has 14 heteroatoms. The summed E-state index contributed by atoms with van der Waals surface area (Å²) in [5.41, 5.74) is 6.52. The van der Waals surface area contributed by atoms with Gasteiger partial charge < -0.3 is 68.5 Å². The first-order valence-electron chi connectivity index (χ1n) is 51.7. The normalized spacial score (nSPS) is 13.5. The molecule has 0 amide bonds. The van der Waals surface area contributed by atoms with E-state index in [9.17, 15) is 30.6 Å². The number of ether oxygens (including phenoxy) is 8. The monoisotopic (exact) mass is 1810 g/mol. The molecule has 0 heterocycles. The SMILES string of the molecule is CCC(CC)COc1cccc(C[C@@H](O)CC)c1.CCC(CC)COc1cccc(C[C@H](O)CC)c1.CCCC(CCC)COc1cccc(C[C@@H](O)CC)c1.CCCC(CCC)COc1cccc(C[C@H](O)CC)c1.CCCC(O)c1cccc(OCC(CC)CC)c1.CCCOc1cccc(OCCC(C)C)c1.CC[C@@H](C)[C@H](O)c1cccc(OCC2CCCCC2)c1. The molecule has 0 aliphatic heterocycles. The lowest BCUT2D eigenvalue weighted by atomic mass is 9.90. The van der Waals surface area contributed by atoms with E-state index in [1.54, 1.807) is 0 Å². The van der Waals surface area contributed by atoms with Gasteiger partial charge in [-0.15, -0.1) is 0 Å². The van der Waals surface area contributed by atoms with Crippen molar-refractivity contribution in [1.82, 2.24) is 0 Å². The van der Waals surface area contributed by atoms with Crippen LogP contribution in [0.4, 0.5) is 0 Å². The second-order valence-electron chi connectivity index (χ2n) is 36.6. The predicted molar refractivity (Wildman–Crippen MR) is 548 cm³/mol. The summed E-state index contributed by atoms with van der Waals surface area (Å²) < 4.78 is 46.5. The molecule has 1 aliphatic rings. The van der Waals surface area contributed by atoms with E-state index in [0.717, 1.165) is 229 Å². The first-order valence-corrected chi connectivity index (χ1v) is 51.7. The standard InChI is InChI=1S/C18H28O2.2C18H30O2.3C16H26O2.C14H22O2/c1-3-14(2)18(19)16-10-7-11-17(12-16)20-13-15-8-5-4-6-9-15;2*1-4-8-15(9-5-2)14-20-18-11-7-10-16(13-18)12-17(19)6-3;2*1-4-13(5-2)12-18-16-9-7-8-14(11-16)10-15(17)6-3;1-4-8-16(17)14-9-7-10-15(11-14)18-12-13(5-2)6-3;1-4-9-15-13-6-5-7-14(11-13)16-10-8-12(2)3/h7,10-12,14-15,18-19H,3-6,8-9,13H2,1-2H3;2*7,10-11,13,15,17,19H,4-6,8-9,12,14H2,1-3H3;2*7-9,11,13,15,17H,4-6,10,12H2,1-3H3;7,9-11,13,16-17H,4-6,8,12H2,1-3H3;5-7,11-12H,4,8-10H2,1-3H3/t14-,18+;2*17-;2*15-;;/m11010../s1. The average Bonchev–Trinajstić information content (AvgIpc) is 0.781. The summed E-state index contributed by atoms with van der Waals surface area (Å²) in [6.07, 6.45) is 32.5. The van der Waals surface area contributed by atoms with Gasteiger partial charge in [0, 0.05) is 6.07 Å². The third-order valence-electron chi connectivity index (χ3n) is 24.7. The summed E-state index contributed by atoms with van der Waals surface area (Å²) in [5, 5.41) is 59.0. The fraction of sp³-hybridized carbons (Fsp3) is 0.638. The number of hydrogen-bond donors (Lipinski definition) is 6. The number of rotatable bonds is 57. The van der Waals surface area contributed by atoms with Crippen LogP contribution in [0, 0.1) is 47.3 Å². The van der Waals surface area contributed by atoms with Crippen molar-refractivity contribution in [3.8, 4) is 46.0 Å². The second kappa shape index (κ2) is 76.0. The van der Waals surface area contributed by atoms with E-state index >= 15 is 0 Å². The third kappa shape index (κ3) is 56.0. The predicted octanol–water partition coefficient (Wildman–Crippen LogP) is 29.8. The zero-order chi connectivity index (χ0) is 95.9. The van der Waals surface area contributed by atoms with Crippen LogP contribution >= 0.6 is 0 Å². The highest BCUT2D eigenvalue weighted by Crippen LogP contribution is 2.32. The molecule has 8 rings (SSSR count). The first kappa shape index (κ1) is 119. The maximum Gasteiger partial charge on any atom is 0.122 e. The van der Waals surface area contributed by atoms with Gasteiger partial charge in [-0.3, -0.25) is 0 Å². The molecule has 6 N–H and O–H groups in total. The Balaban J connectivity index is 0.000000514. The van der Waals surface area contributed by atoms with E-state index in [1.807, 2.05) is 173 Å². The Morgan fingerprint density at radius 3 is 0.877 bits per heavy atom. The van der Waals surface area contributed by atoms with Crippen LogP contribution in [-0.4, -0.2) is 108 Å². The first-order chi connectivity index (χ1) is 62.9. The van der Waals surface area contributed by atoms with Gasteiger partial charge in [-0.25, -0.2) is 0 Å². The van der Waals surface area contributed by atoms with Crippen LogP contribution in [-0.2, 0) is 25.7 Å². The van der Waals surface area contributed by atoms with Crippen molar-refractivity contribution in [2.24, 2.45) is 47.3 Å². The zero-order valence-corrected chi connectivity index (χ0v) is 85.5. The quantitative estimate of drug-likeness (QED) is 0.0211. The van der Waals surface area contributed by atoms with E-state index in [4.69, 9.17) is 37.9 Å². The molecule has 0 bridgehead atoms. The van der Waals surface area contributed by atoms with Crippen LogP contribution in [0.2, 0.25) is 0 Å². The van der Waals surface area contributed by atoms with Gasteiger partial charge in [0.05, 0.1) is 89.5 Å². The molecule has 7 atom stereocenters. The molecule has 1 unspecified atom stereocenters. The average molecular weight is 1810 g/mol. The summed E-state index contributed by atoms with van der Waals surface area (Å²) in [6, 6.07) is 56.1. The summed E-state index contributed by atoms with van der Waals surface area (Å²) >= 11 is 0. The van der Waals surface area contributed by atoms with E-state index in [0.29, 0.717) is 67.1 Å². The van der Waals surface area contributed by atoms with Crippen LogP contribution < -0.4 is 37.9 Å². The van der Waals surface area contributed by atoms with Gasteiger partial charge in [-0.05, 0) is 275 Å². The summed E-state index contributed by atoms with van der Waals surface area (Å²) in [7, 11) is 0. The van der Waals surface area contributed by atoms with Crippen LogP contribution in [0.1, 0.15) is 364 Å². The molecule has 1 aliphatic carbocycles. The third-order valence-corrected chi connectivity index (χ3v) is 24.7. The Morgan fingerprint density at radius 1 is 0.269 bits per heavy atom. The van der Waals surface area contributed by atoms with Gasteiger partial charge in [-0.2, -0.15) is 0 Å². The van der Waals surface area contributed by atoms with Crippen LogP contribution in [0.15, 0.2) is 170 Å². The van der Waals surface area contributed by atoms with E-state index in [2.05, 4.69) is 135 Å². The molecule has 1 saturated carbocycles. The molecule has 0 spiro atoms. The van der Waals surface area contributed by atoms with E-state index < -0.39 is 6.10 Å². The van der Waals surface area contributed by atoms with E-state index in [-0.39, 0.29) is 36.4 Å². The largest absolute Gasteiger partial charge is 0.493 e. The Morgan fingerprint density at radius 2 is 0.562 bits per heavy atom. The lowest BCUT2D eigenvalue weighted by Gasteiger charge is -2.22. The van der Waals surface area contributed by atoms with Crippen molar-refractivity contribution in [2.45, 2.75) is 381 Å².